The molecule has 204 valence electrons. The van der Waals surface area contributed by atoms with Gasteiger partial charge in [-0.25, -0.2) is 19.2 Å². The van der Waals surface area contributed by atoms with E-state index in [4.69, 9.17) is 18.9 Å². The van der Waals surface area contributed by atoms with E-state index in [9.17, 15) is 24.4 Å². The van der Waals surface area contributed by atoms with Crippen molar-refractivity contribution in [2.24, 2.45) is 0 Å². The SMILES string of the molecule is COC(=O)C1=[N+](/[O-])C[C@H](OC(=O)c2ccccc2)[C@@H](OC(=O)c2ccccc2)[C@@H](OC(=O)c2ccccc2)\C=C\1. The first-order valence-electron chi connectivity index (χ1n) is 12.2. The number of carbonyl (C=O) groups excluding carboxylic acids is 4. The molecule has 0 fully saturated rings. The van der Waals surface area contributed by atoms with Gasteiger partial charge in [0.15, 0.2) is 18.8 Å². The molecule has 3 atom stereocenters. The van der Waals surface area contributed by atoms with E-state index >= 15 is 0 Å². The maximum atomic E-state index is 13.1. The molecule has 0 radical (unpaired) electrons. The van der Waals surface area contributed by atoms with Crippen molar-refractivity contribution in [2.75, 3.05) is 13.7 Å². The number of ether oxygens (including phenoxy) is 4. The second-order valence-corrected chi connectivity index (χ2v) is 8.58. The average Bonchev–Trinajstić information content (AvgIpc) is 2.99. The maximum absolute atomic E-state index is 13.1. The highest BCUT2D eigenvalue weighted by Crippen LogP contribution is 2.21. The summed E-state index contributed by atoms with van der Waals surface area (Å²) in [5, 5.41) is 13.0. The van der Waals surface area contributed by atoms with Crippen molar-refractivity contribution in [2.45, 2.75) is 18.3 Å². The van der Waals surface area contributed by atoms with E-state index in [1.165, 1.54) is 42.5 Å². The third-order valence-corrected chi connectivity index (χ3v) is 5.92. The van der Waals surface area contributed by atoms with Crippen LogP contribution in [0.1, 0.15) is 31.1 Å². The number of hydrogen-bond donors (Lipinski definition) is 0. The largest absolute Gasteiger partial charge is 0.623 e. The molecule has 4 rings (SSSR count). The number of carbonyl (C=O) groups is 4. The van der Waals surface area contributed by atoms with Gasteiger partial charge in [-0.3, -0.25) is 0 Å². The molecule has 0 N–H and O–H groups in total. The molecule has 40 heavy (non-hydrogen) atoms. The van der Waals surface area contributed by atoms with Crippen molar-refractivity contribution in [3.63, 3.8) is 0 Å². The highest BCUT2D eigenvalue weighted by Gasteiger charge is 2.42. The quantitative estimate of drug-likeness (QED) is 0.190. The molecule has 0 aliphatic carbocycles. The third-order valence-electron chi connectivity index (χ3n) is 5.92. The predicted octanol–water partition coefficient (Wildman–Crippen LogP) is 3.36. The van der Waals surface area contributed by atoms with Gasteiger partial charge in [-0.05, 0) is 42.5 Å². The minimum absolute atomic E-state index is 0.167. The molecule has 10 nitrogen and oxygen atoms in total. The van der Waals surface area contributed by atoms with E-state index in [0.717, 1.165) is 13.2 Å². The highest BCUT2D eigenvalue weighted by atomic mass is 16.6. The summed E-state index contributed by atoms with van der Waals surface area (Å²) in [6.07, 6.45) is -2.00. The first-order valence-corrected chi connectivity index (χ1v) is 12.2. The van der Waals surface area contributed by atoms with Gasteiger partial charge < -0.3 is 24.2 Å². The summed E-state index contributed by atoms with van der Waals surface area (Å²) in [5.74, 6) is -3.37. The highest BCUT2D eigenvalue weighted by molar-refractivity contribution is 6.38. The van der Waals surface area contributed by atoms with Crippen LogP contribution in [0.4, 0.5) is 0 Å². The van der Waals surface area contributed by atoms with Crippen molar-refractivity contribution < 1.29 is 42.9 Å². The van der Waals surface area contributed by atoms with Gasteiger partial charge in [0.2, 0.25) is 6.10 Å². The Morgan fingerprint density at radius 1 is 0.675 bits per heavy atom. The van der Waals surface area contributed by atoms with Crippen molar-refractivity contribution in [3.05, 3.63) is 125 Å². The summed E-state index contributed by atoms with van der Waals surface area (Å²) < 4.78 is 22.1. The van der Waals surface area contributed by atoms with Gasteiger partial charge in [0.1, 0.15) is 0 Å². The van der Waals surface area contributed by atoms with E-state index in [2.05, 4.69) is 0 Å². The minimum Gasteiger partial charge on any atom is -0.623 e. The lowest BCUT2D eigenvalue weighted by atomic mass is 10.0. The molecule has 1 aliphatic heterocycles. The number of nitrogens with zero attached hydrogens (tertiary/aromatic N) is 1. The first-order chi connectivity index (χ1) is 19.4. The predicted molar refractivity (Wildman–Crippen MR) is 142 cm³/mol. The van der Waals surface area contributed by atoms with Crippen LogP contribution in [0.15, 0.2) is 103 Å². The third kappa shape index (κ3) is 6.79. The minimum atomic E-state index is -1.48. The lowest BCUT2D eigenvalue weighted by Crippen LogP contribution is -2.50. The number of hydroxylamine groups is 1. The van der Waals surface area contributed by atoms with Gasteiger partial charge in [-0.15, -0.1) is 0 Å². The van der Waals surface area contributed by atoms with Crippen LogP contribution in [-0.4, -0.2) is 66.3 Å². The molecule has 0 bridgehead atoms. The van der Waals surface area contributed by atoms with E-state index in [1.807, 2.05) is 0 Å². The standard InChI is InChI=1S/C30H25NO9/c1-37-30(35)23-17-18-24(38-27(32)20-11-5-2-6-12-20)26(40-29(34)22-15-9-4-10-16-22)25(19-31(23)36)39-28(33)21-13-7-3-8-14-21/h2-18,24-26H,19H2,1H3/b18-17+,31-23+/t24-,25-,26-/m0/s1. The van der Waals surface area contributed by atoms with Crippen LogP contribution in [0.2, 0.25) is 0 Å². The van der Waals surface area contributed by atoms with Crippen LogP contribution in [0.3, 0.4) is 0 Å². The Bertz CT molecular complexity index is 1420. The van der Waals surface area contributed by atoms with Crippen LogP contribution in [0.25, 0.3) is 0 Å². The van der Waals surface area contributed by atoms with Gasteiger partial charge >= 0.3 is 23.9 Å². The van der Waals surface area contributed by atoms with Crippen LogP contribution >= 0.6 is 0 Å². The van der Waals surface area contributed by atoms with Gasteiger partial charge in [-0.1, -0.05) is 54.6 Å². The molecule has 0 saturated carbocycles. The maximum Gasteiger partial charge on any atom is 0.404 e. The molecule has 0 spiro atoms. The normalized spacial score (nSPS) is 21.2. The number of methoxy groups -OCH3 is 1. The Kier molecular flexibility index (Phi) is 9.03. The van der Waals surface area contributed by atoms with E-state index in [1.54, 1.807) is 54.6 Å². The summed E-state index contributed by atoms with van der Waals surface area (Å²) in [4.78, 5) is 51.5. The Balaban J connectivity index is 1.76. The first kappa shape index (κ1) is 27.8. The lowest BCUT2D eigenvalue weighted by molar-refractivity contribution is -0.470. The Labute approximate surface area is 229 Å². The summed E-state index contributed by atoms with van der Waals surface area (Å²) in [6, 6.07) is 24.0. The van der Waals surface area contributed by atoms with E-state index in [-0.39, 0.29) is 21.4 Å². The molecular weight excluding hydrogens is 518 g/mol. The Morgan fingerprint density at radius 2 is 1.12 bits per heavy atom. The molecule has 0 amide bonds. The zero-order valence-electron chi connectivity index (χ0n) is 21.4. The molecule has 0 unspecified atom stereocenters. The summed E-state index contributed by atoms with van der Waals surface area (Å²) in [6.45, 7) is -0.639. The average molecular weight is 544 g/mol. The number of benzene rings is 3. The fourth-order valence-corrected chi connectivity index (χ4v) is 3.90. The van der Waals surface area contributed by atoms with E-state index in [0.29, 0.717) is 0 Å². The van der Waals surface area contributed by atoms with Crippen LogP contribution in [0, 0.1) is 5.21 Å². The van der Waals surface area contributed by atoms with Crippen LogP contribution in [-0.2, 0) is 23.7 Å². The summed E-state index contributed by atoms with van der Waals surface area (Å²) >= 11 is 0. The van der Waals surface area contributed by atoms with Gasteiger partial charge in [-0.2, -0.15) is 4.74 Å². The topological polar surface area (TPSA) is 131 Å². The zero-order chi connectivity index (χ0) is 28.5. The van der Waals surface area contributed by atoms with Crippen molar-refractivity contribution in [3.8, 4) is 0 Å². The van der Waals surface area contributed by atoms with Crippen LogP contribution in [0.5, 0.6) is 0 Å². The van der Waals surface area contributed by atoms with Gasteiger partial charge in [0.05, 0.1) is 23.8 Å². The second kappa shape index (κ2) is 13.0. The molecule has 0 aromatic heterocycles. The second-order valence-electron chi connectivity index (χ2n) is 8.58. The van der Waals surface area contributed by atoms with Crippen molar-refractivity contribution in [1.29, 1.82) is 0 Å². The van der Waals surface area contributed by atoms with Gasteiger partial charge in [0.25, 0.3) is 5.71 Å². The molecule has 3 aromatic carbocycles. The monoisotopic (exact) mass is 543 g/mol. The number of esters is 4. The zero-order valence-corrected chi connectivity index (χ0v) is 21.4. The van der Waals surface area contributed by atoms with Crippen LogP contribution < -0.4 is 0 Å². The smallest absolute Gasteiger partial charge is 0.404 e. The van der Waals surface area contributed by atoms with Crippen molar-refractivity contribution in [1.82, 2.24) is 0 Å². The molecule has 3 aromatic rings. The molecular formula is C30H25NO9. The Morgan fingerprint density at radius 3 is 1.60 bits per heavy atom. The number of rotatable bonds is 7. The van der Waals surface area contributed by atoms with E-state index < -0.39 is 54.4 Å². The molecule has 1 aliphatic rings. The number of hydrogen-bond acceptors (Lipinski definition) is 9. The van der Waals surface area contributed by atoms with Crippen molar-refractivity contribution >= 4 is 29.6 Å². The van der Waals surface area contributed by atoms with Gasteiger partial charge in [0, 0.05) is 6.08 Å². The molecule has 10 heteroatoms. The molecule has 0 saturated heterocycles. The fourth-order valence-electron chi connectivity index (χ4n) is 3.90. The fraction of sp³-hybridized carbons (Fsp3) is 0.167. The lowest BCUT2D eigenvalue weighted by Gasteiger charge is -2.31. The molecule has 1 heterocycles. The summed E-state index contributed by atoms with van der Waals surface area (Å²) in [5.41, 5.74) is 0.111. The summed E-state index contributed by atoms with van der Waals surface area (Å²) in [7, 11) is 1.10. The Hall–Kier alpha value is -5.25.